The fraction of sp³-hybridized carbons (Fsp3) is 0.357. The summed E-state index contributed by atoms with van der Waals surface area (Å²) in [6, 6.07) is 2.87. The minimum Gasteiger partial charge on any atom is -0.323 e. The van der Waals surface area contributed by atoms with Crippen molar-refractivity contribution in [1.82, 2.24) is 9.55 Å². The van der Waals surface area contributed by atoms with E-state index < -0.39 is 5.82 Å². The van der Waals surface area contributed by atoms with E-state index in [1.165, 1.54) is 12.1 Å². The Labute approximate surface area is 127 Å². The lowest BCUT2D eigenvalue weighted by atomic mass is 10.0. The third-order valence-electron chi connectivity index (χ3n) is 3.02. The number of nitrogens with two attached hydrogens (primary N) is 1. The summed E-state index contributed by atoms with van der Waals surface area (Å²) in [7, 11) is 0. The van der Waals surface area contributed by atoms with Gasteiger partial charge in [-0.25, -0.2) is 9.37 Å². The summed E-state index contributed by atoms with van der Waals surface area (Å²) >= 11 is 11.7. The lowest BCUT2D eigenvalue weighted by molar-refractivity contribution is 0.498. The zero-order valence-electron chi connectivity index (χ0n) is 11.3. The van der Waals surface area contributed by atoms with Gasteiger partial charge in [-0.2, -0.15) is 0 Å². The molecule has 0 aliphatic carbocycles. The van der Waals surface area contributed by atoms with E-state index in [4.69, 9.17) is 28.9 Å². The first-order valence-corrected chi connectivity index (χ1v) is 7.08. The van der Waals surface area contributed by atoms with Crippen LogP contribution >= 0.6 is 23.2 Å². The molecule has 2 rings (SSSR count). The van der Waals surface area contributed by atoms with Crippen LogP contribution in [0.2, 0.25) is 10.0 Å². The lowest BCUT2D eigenvalue weighted by Crippen LogP contribution is -2.16. The molecule has 1 heterocycles. The van der Waals surface area contributed by atoms with Gasteiger partial charge >= 0.3 is 0 Å². The van der Waals surface area contributed by atoms with Crippen LogP contribution in [0.25, 0.3) is 5.69 Å². The molecule has 1 atom stereocenters. The average molecular weight is 316 g/mol. The third kappa shape index (κ3) is 3.14. The predicted molar refractivity (Wildman–Crippen MR) is 79.9 cm³/mol. The van der Waals surface area contributed by atoms with Gasteiger partial charge in [0.25, 0.3) is 0 Å². The highest BCUT2D eigenvalue weighted by Crippen LogP contribution is 2.28. The fourth-order valence-electron chi connectivity index (χ4n) is 2.11. The van der Waals surface area contributed by atoms with Gasteiger partial charge < -0.3 is 10.3 Å². The van der Waals surface area contributed by atoms with E-state index in [-0.39, 0.29) is 16.1 Å². The summed E-state index contributed by atoms with van der Waals surface area (Å²) in [5.41, 5.74) is 7.67. The van der Waals surface area contributed by atoms with Gasteiger partial charge in [-0.15, -0.1) is 0 Å². The Balaban J connectivity index is 2.42. The minimum atomic E-state index is -0.620. The Kier molecular flexibility index (Phi) is 4.68. The summed E-state index contributed by atoms with van der Waals surface area (Å²) < 4.78 is 15.3. The molecule has 1 unspecified atom stereocenters. The predicted octanol–water partition coefficient (Wildman–Crippen LogP) is 4.36. The molecule has 3 nitrogen and oxygen atoms in total. The highest BCUT2D eigenvalue weighted by molar-refractivity contribution is 6.35. The van der Waals surface area contributed by atoms with Crippen molar-refractivity contribution in [3.63, 3.8) is 0 Å². The van der Waals surface area contributed by atoms with E-state index in [2.05, 4.69) is 18.8 Å². The molecule has 2 aromatic rings. The highest BCUT2D eigenvalue weighted by atomic mass is 35.5. The van der Waals surface area contributed by atoms with Gasteiger partial charge in [0.05, 0.1) is 28.3 Å². The van der Waals surface area contributed by atoms with Gasteiger partial charge in [0.1, 0.15) is 0 Å². The first-order valence-electron chi connectivity index (χ1n) is 6.33. The number of aromatic nitrogens is 2. The van der Waals surface area contributed by atoms with Crippen molar-refractivity contribution in [1.29, 1.82) is 0 Å². The smallest absolute Gasteiger partial charge is 0.160 e. The first kappa shape index (κ1) is 15.3. The molecule has 108 valence electrons. The lowest BCUT2D eigenvalue weighted by Gasteiger charge is -2.17. The Hall–Kier alpha value is -1.10. The van der Waals surface area contributed by atoms with E-state index in [9.17, 15) is 4.39 Å². The number of imidazole rings is 1. The monoisotopic (exact) mass is 315 g/mol. The summed E-state index contributed by atoms with van der Waals surface area (Å²) in [4.78, 5) is 4.11. The fourth-order valence-corrected chi connectivity index (χ4v) is 2.58. The number of hydrogen-bond acceptors (Lipinski definition) is 2. The minimum absolute atomic E-state index is 0.0235. The zero-order chi connectivity index (χ0) is 14.9. The Morgan fingerprint density at radius 2 is 1.90 bits per heavy atom. The molecule has 0 saturated carbocycles. The Morgan fingerprint density at radius 3 is 2.45 bits per heavy atom. The number of halogens is 3. The van der Waals surface area contributed by atoms with Crippen molar-refractivity contribution >= 4 is 23.2 Å². The molecule has 6 heteroatoms. The van der Waals surface area contributed by atoms with Gasteiger partial charge in [0.15, 0.2) is 5.82 Å². The molecular weight excluding hydrogens is 300 g/mol. The molecule has 0 spiro atoms. The standard InChI is InChI=1S/C14H16Cl2FN3/c1-8(2)3-12(18)13-6-19-7-20(13)9-4-10(15)14(17)11(16)5-9/h4-8,12H,3,18H2,1-2H3. The van der Waals surface area contributed by atoms with Crippen LogP contribution in [0.4, 0.5) is 4.39 Å². The molecule has 20 heavy (non-hydrogen) atoms. The molecular formula is C14H16Cl2FN3. The van der Waals surface area contributed by atoms with Crippen LogP contribution < -0.4 is 5.73 Å². The quantitative estimate of drug-likeness (QED) is 0.852. The summed E-state index contributed by atoms with van der Waals surface area (Å²) in [5.74, 6) is -0.154. The van der Waals surface area contributed by atoms with E-state index in [0.29, 0.717) is 11.6 Å². The number of hydrogen-bond donors (Lipinski definition) is 1. The van der Waals surface area contributed by atoms with Crippen LogP contribution in [-0.4, -0.2) is 9.55 Å². The van der Waals surface area contributed by atoms with Crippen molar-refractivity contribution in [3.8, 4) is 5.69 Å². The third-order valence-corrected chi connectivity index (χ3v) is 3.57. The second-order valence-electron chi connectivity index (χ2n) is 5.15. The highest BCUT2D eigenvalue weighted by Gasteiger charge is 2.16. The molecule has 2 N–H and O–H groups in total. The van der Waals surface area contributed by atoms with Crippen molar-refractivity contribution < 1.29 is 4.39 Å². The molecule has 0 aliphatic rings. The molecule has 0 aliphatic heterocycles. The summed E-state index contributed by atoms with van der Waals surface area (Å²) in [6.07, 6.45) is 4.15. The number of rotatable bonds is 4. The molecule has 1 aromatic carbocycles. The summed E-state index contributed by atoms with van der Waals surface area (Å²) in [5, 5.41) is -0.0471. The molecule has 0 fully saturated rings. The molecule has 0 bridgehead atoms. The maximum Gasteiger partial charge on any atom is 0.160 e. The Bertz CT molecular complexity index is 587. The molecule has 0 radical (unpaired) electrons. The SMILES string of the molecule is CC(C)CC(N)c1cncn1-c1cc(Cl)c(F)c(Cl)c1. The normalized spacial score (nSPS) is 12.9. The second-order valence-corrected chi connectivity index (χ2v) is 5.96. The van der Waals surface area contributed by atoms with E-state index in [0.717, 1.165) is 12.1 Å². The maximum atomic E-state index is 13.5. The van der Waals surface area contributed by atoms with Crippen molar-refractivity contribution in [2.75, 3.05) is 0 Å². The molecule has 0 saturated heterocycles. The topological polar surface area (TPSA) is 43.8 Å². The van der Waals surface area contributed by atoms with Crippen LogP contribution in [0, 0.1) is 11.7 Å². The first-order chi connectivity index (χ1) is 9.40. The number of nitrogens with zero attached hydrogens (tertiary/aromatic N) is 2. The van der Waals surface area contributed by atoms with Crippen LogP contribution in [0.3, 0.4) is 0 Å². The van der Waals surface area contributed by atoms with Crippen LogP contribution in [0.5, 0.6) is 0 Å². The zero-order valence-corrected chi connectivity index (χ0v) is 12.8. The van der Waals surface area contributed by atoms with Gasteiger partial charge in [0, 0.05) is 11.7 Å². The Morgan fingerprint density at radius 1 is 1.30 bits per heavy atom. The van der Waals surface area contributed by atoms with Crippen molar-refractivity contribution in [2.45, 2.75) is 26.3 Å². The van der Waals surface area contributed by atoms with E-state index in [1.54, 1.807) is 17.1 Å². The van der Waals surface area contributed by atoms with Gasteiger partial charge in [-0.1, -0.05) is 37.0 Å². The van der Waals surface area contributed by atoms with Gasteiger partial charge in [-0.05, 0) is 24.5 Å². The largest absolute Gasteiger partial charge is 0.323 e. The number of benzene rings is 1. The van der Waals surface area contributed by atoms with Gasteiger partial charge in [-0.3, -0.25) is 0 Å². The van der Waals surface area contributed by atoms with E-state index >= 15 is 0 Å². The maximum absolute atomic E-state index is 13.5. The molecule has 1 aromatic heterocycles. The van der Waals surface area contributed by atoms with E-state index in [1.807, 2.05) is 0 Å². The van der Waals surface area contributed by atoms with Crippen LogP contribution in [0.1, 0.15) is 32.0 Å². The molecule has 0 amide bonds. The van der Waals surface area contributed by atoms with Crippen molar-refractivity contribution in [3.05, 3.63) is 46.2 Å². The average Bonchev–Trinajstić information content (AvgIpc) is 2.83. The van der Waals surface area contributed by atoms with Gasteiger partial charge in [0.2, 0.25) is 0 Å². The van der Waals surface area contributed by atoms with Crippen molar-refractivity contribution in [2.24, 2.45) is 11.7 Å². The van der Waals surface area contributed by atoms with Crippen LogP contribution in [-0.2, 0) is 0 Å². The second kappa shape index (κ2) is 6.12. The van der Waals surface area contributed by atoms with Crippen LogP contribution in [0.15, 0.2) is 24.7 Å². The summed E-state index contributed by atoms with van der Waals surface area (Å²) in [6.45, 7) is 4.21.